The van der Waals surface area contributed by atoms with Crippen molar-refractivity contribution in [3.8, 4) is 11.4 Å². The molecule has 1 heterocycles. The highest BCUT2D eigenvalue weighted by Gasteiger charge is 2.38. The van der Waals surface area contributed by atoms with E-state index in [0.717, 1.165) is 5.56 Å². The zero-order valence-corrected chi connectivity index (χ0v) is 15.2. The van der Waals surface area contributed by atoms with Crippen LogP contribution in [0.15, 0.2) is 68.7 Å². The zero-order chi connectivity index (χ0) is 21.3. The van der Waals surface area contributed by atoms with Crippen molar-refractivity contribution in [2.24, 2.45) is 0 Å². The number of rotatable bonds is 6. The second kappa shape index (κ2) is 7.47. The number of nitrogens with zero attached hydrogens (tertiary/aromatic N) is 2. The van der Waals surface area contributed by atoms with Gasteiger partial charge in [-0.25, -0.2) is 0 Å². The van der Waals surface area contributed by atoms with Crippen molar-refractivity contribution in [1.82, 2.24) is 10.1 Å². The molecule has 0 aliphatic heterocycles. The molecule has 0 amide bonds. The summed E-state index contributed by atoms with van der Waals surface area (Å²) in [5, 5.41) is 9.16. The van der Waals surface area contributed by atoms with E-state index in [9.17, 15) is 22.8 Å². The highest BCUT2D eigenvalue weighted by Crippen LogP contribution is 2.29. The number of nitrogens with one attached hydrogen (secondary N) is 2. The van der Waals surface area contributed by atoms with Crippen molar-refractivity contribution in [3.63, 3.8) is 0 Å². The van der Waals surface area contributed by atoms with Crippen LogP contribution >= 0.6 is 0 Å². The molecule has 0 fully saturated rings. The van der Waals surface area contributed by atoms with E-state index >= 15 is 0 Å². The molecule has 4 rings (SSSR count). The van der Waals surface area contributed by atoms with Crippen LogP contribution in [0, 0.1) is 0 Å². The fourth-order valence-electron chi connectivity index (χ4n) is 2.76. The highest BCUT2D eigenvalue weighted by molar-refractivity contribution is 5.78. The molecule has 0 bridgehead atoms. The molecule has 30 heavy (non-hydrogen) atoms. The van der Waals surface area contributed by atoms with Crippen LogP contribution < -0.4 is 21.5 Å². The smallest absolute Gasteiger partial charge is 0.376 e. The number of aromatic nitrogens is 2. The molecular formula is C20H13F3N4O3. The van der Waals surface area contributed by atoms with Crippen molar-refractivity contribution >= 4 is 17.1 Å². The Morgan fingerprint density at radius 1 is 0.900 bits per heavy atom. The second-order valence-electron chi connectivity index (χ2n) is 6.37. The van der Waals surface area contributed by atoms with E-state index in [0.29, 0.717) is 11.3 Å². The number of para-hydroxylation sites is 1. The minimum Gasteiger partial charge on any atom is -0.376 e. The van der Waals surface area contributed by atoms with Crippen LogP contribution in [0.25, 0.3) is 11.4 Å². The Kier molecular flexibility index (Phi) is 4.82. The Morgan fingerprint density at radius 3 is 2.20 bits per heavy atom. The minimum absolute atomic E-state index is 0.181. The Hall–Kier alpha value is -3.95. The first-order valence-corrected chi connectivity index (χ1v) is 8.72. The molecule has 0 radical (unpaired) electrons. The lowest BCUT2D eigenvalue weighted by Gasteiger charge is -2.15. The third-order valence-electron chi connectivity index (χ3n) is 4.30. The average molecular weight is 414 g/mol. The molecule has 0 aliphatic rings. The van der Waals surface area contributed by atoms with Gasteiger partial charge in [0.05, 0.1) is 0 Å². The minimum atomic E-state index is -4.71. The summed E-state index contributed by atoms with van der Waals surface area (Å²) in [6, 6.07) is 15.3. The van der Waals surface area contributed by atoms with Gasteiger partial charge in [-0.15, -0.1) is 0 Å². The largest absolute Gasteiger partial charge is 0.471 e. The van der Waals surface area contributed by atoms with E-state index in [1.165, 1.54) is 12.1 Å². The van der Waals surface area contributed by atoms with E-state index in [1.807, 2.05) is 6.07 Å². The SMILES string of the molecule is O=c1c(NCc2ccc(-c3noc(C(F)(F)F)n3)cc2)c(Nc2ccccc2)c1=O. The molecule has 1 aromatic heterocycles. The van der Waals surface area contributed by atoms with Crippen molar-refractivity contribution in [3.05, 3.63) is 86.5 Å². The molecule has 2 N–H and O–H groups in total. The second-order valence-corrected chi connectivity index (χ2v) is 6.37. The van der Waals surface area contributed by atoms with Gasteiger partial charge in [0.2, 0.25) is 5.82 Å². The van der Waals surface area contributed by atoms with Gasteiger partial charge in [0.25, 0.3) is 10.9 Å². The maximum absolute atomic E-state index is 12.6. The summed E-state index contributed by atoms with van der Waals surface area (Å²) in [4.78, 5) is 27.1. The predicted molar refractivity (Wildman–Crippen MR) is 103 cm³/mol. The number of benzene rings is 2. The van der Waals surface area contributed by atoms with E-state index in [-0.39, 0.29) is 23.7 Å². The predicted octanol–water partition coefficient (Wildman–Crippen LogP) is 3.71. The number of alkyl halides is 3. The van der Waals surface area contributed by atoms with Crippen LogP contribution in [0.2, 0.25) is 0 Å². The van der Waals surface area contributed by atoms with E-state index < -0.39 is 22.9 Å². The summed E-state index contributed by atoms with van der Waals surface area (Å²) >= 11 is 0. The Balaban J connectivity index is 1.44. The molecule has 3 aromatic carbocycles. The lowest BCUT2D eigenvalue weighted by Crippen LogP contribution is -2.36. The molecule has 4 aromatic rings. The lowest BCUT2D eigenvalue weighted by atomic mass is 10.1. The van der Waals surface area contributed by atoms with E-state index in [2.05, 4.69) is 25.3 Å². The first-order chi connectivity index (χ1) is 14.3. The molecule has 0 saturated carbocycles. The van der Waals surface area contributed by atoms with Gasteiger partial charge in [-0.05, 0) is 17.7 Å². The van der Waals surface area contributed by atoms with Gasteiger partial charge in [-0.1, -0.05) is 47.6 Å². The van der Waals surface area contributed by atoms with Gasteiger partial charge in [0.15, 0.2) is 0 Å². The quantitative estimate of drug-likeness (QED) is 0.464. The lowest BCUT2D eigenvalue weighted by molar-refractivity contribution is -0.159. The van der Waals surface area contributed by atoms with Crippen LogP contribution in [-0.2, 0) is 12.7 Å². The standard InChI is InChI=1S/C20H13F3N4O3/c21-20(22,23)19-26-18(27-30-19)12-8-6-11(7-9-12)10-24-14-15(17(29)16(14)28)25-13-4-2-1-3-5-13/h1-9,24-25H,10H2. The number of halogens is 3. The molecule has 0 spiro atoms. The normalized spacial score (nSPS) is 11.6. The number of anilines is 3. The molecule has 0 unspecified atom stereocenters. The van der Waals surface area contributed by atoms with Crippen LogP contribution in [0.5, 0.6) is 0 Å². The fraction of sp³-hybridized carbons (Fsp3) is 0.100. The maximum atomic E-state index is 12.6. The van der Waals surface area contributed by atoms with Gasteiger partial charge < -0.3 is 15.2 Å². The summed E-state index contributed by atoms with van der Waals surface area (Å²) in [5.41, 5.74) is 0.909. The number of hydrogen-bond acceptors (Lipinski definition) is 7. The van der Waals surface area contributed by atoms with Crippen LogP contribution in [0.3, 0.4) is 0 Å². The average Bonchev–Trinajstić information content (AvgIpc) is 3.25. The zero-order valence-electron chi connectivity index (χ0n) is 15.2. The molecular weight excluding hydrogens is 401 g/mol. The van der Waals surface area contributed by atoms with Crippen LogP contribution in [0.1, 0.15) is 11.5 Å². The Morgan fingerprint density at radius 2 is 1.57 bits per heavy atom. The van der Waals surface area contributed by atoms with Gasteiger partial charge >= 0.3 is 12.1 Å². The van der Waals surface area contributed by atoms with Gasteiger partial charge in [0, 0.05) is 17.8 Å². The van der Waals surface area contributed by atoms with Crippen molar-refractivity contribution in [2.45, 2.75) is 12.7 Å². The topological polar surface area (TPSA) is 97.1 Å². The maximum Gasteiger partial charge on any atom is 0.471 e. The summed E-state index contributed by atoms with van der Waals surface area (Å²) < 4.78 is 41.9. The summed E-state index contributed by atoms with van der Waals surface area (Å²) in [7, 11) is 0. The number of hydrogen-bond donors (Lipinski definition) is 2. The van der Waals surface area contributed by atoms with E-state index in [4.69, 9.17) is 0 Å². The van der Waals surface area contributed by atoms with E-state index in [1.54, 1.807) is 36.4 Å². The van der Waals surface area contributed by atoms with Crippen molar-refractivity contribution in [1.29, 1.82) is 0 Å². The molecule has 0 aliphatic carbocycles. The van der Waals surface area contributed by atoms with Gasteiger partial charge in [0.1, 0.15) is 11.4 Å². The molecule has 0 atom stereocenters. The Labute approximate surface area is 166 Å². The molecule has 10 heteroatoms. The monoisotopic (exact) mass is 414 g/mol. The third-order valence-corrected chi connectivity index (χ3v) is 4.30. The van der Waals surface area contributed by atoms with Crippen LogP contribution in [0.4, 0.5) is 30.2 Å². The third kappa shape index (κ3) is 3.79. The van der Waals surface area contributed by atoms with Crippen molar-refractivity contribution in [2.75, 3.05) is 10.6 Å². The van der Waals surface area contributed by atoms with Gasteiger partial charge in [-0.2, -0.15) is 18.2 Å². The summed E-state index contributed by atoms with van der Waals surface area (Å²) in [5.74, 6) is -1.60. The summed E-state index contributed by atoms with van der Waals surface area (Å²) in [6.45, 7) is 0.231. The summed E-state index contributed by atoms with van der Waals surface area (Å²) in [6.07, 6.45) is -4.71. The molecule has 152 valence electrons. The highest BCUT2D eigenvalue weighted by atomic mass is 19.4. The first-order valence-electron chi connectivity index (χ1n) is 8.72. The van der Waals surface area contributed by atoms with Crippen LogP contribution in [-0.4, -0.2) is 10.1 Å². The fourth-order valence-corrected chi connectivity index (χ4v) is 2.76. The van der Waals surface area contributed by atoms with Crippen molar-refractivity contribution < 1.29 is 17.7 Å². The Bertz CT molecular complexity index is 1240. The van der Waals surface area contributed by atoms with Gasteiger partial charge in [-0.3, -0.25) is 9.59 Å². The molecule has 7 nitrogen and oxygen atoms in total. The first kappa shape index (κ1) is 19.4. The molecule has 0 saturated heterocycles.